The van der Waals surface area contributed by atoms with Crippen LogP contribution in [0, 0.1) is 18.3 Å². The van der Waals surface area contributed by atoms with E-state index in [-0.39, 0.29) is 0 Å². The van der Waals surface area contributed by atoms with Gasteiger partial charge in [-0.2, -0.15) is 5.26 Å². The highest BCUT2D eigenvalue weighted by atomic mass is 15.2. The molecule has 0 saturated heterocycles. The van der Waals surface area contributed by atoms with Gasteiger partial charge >= 0.3 is 0 Å². The van der Waals surface area contributed by atoms with Gasteiger partial charge in [0.05, 0.1) is 28.2 Å². The van der Waals surface area contributed by atoms with Crippen molar-refractivity contribution in [3.63, 3.8) is 0 Å². The highest BCUT2D eigenvalue weighted by Crippen LogP contribution is 2.31. The topological polar surface area (TPSA) is 66.9 Å². The summed E-state index contributed by atoms with van der Waals surface area (Å²) in [5.74, 6) is 0.593. The first kappa shape index (κ1) is 16.2. The second kappa shape index (κ2) is 6.29. The Morgan fingerprint density at radius 3 is 2.36 bits per heavy atom. The van der Waals surface area contributed by atoms with Crippen molar-refractivity contribution < 1.29 is 0 Å². The molecule has 0 atom stereocenters. The van der Waals surface area contributed by atoms with Crippen molar-refractivity contribution in [1.29, 1.82) is 5.26 Å². The molecule has 0 spiro atoms. The van der Waals surface area contributed by atoms with Crippen LogP contribution in [0.25, 0.3) is 39.2 Å². The van der Waals surface area contributed by atoms with Gasteiger partial charge < -0.3 is 0 Å². The van der Waals surface area contributed by atoms with Crippen molar-refractivity contribution in [2.24, 2.45) is 0 Å². The number of nitrogens with zero attached hydrogens (tertiary/aromatic N) is 5. The van der Waals surface area contributed by atoms with Crippen LogP contribution in [0.2, 0.25) is 0 Å². The fourth-order valence-electron chi connectivity index (χ4n) is 3.32. The molecule has 0 radical (unpaired) electrons. The smallest absolute Gasteiger partial charge is 0.186 e. The molecule has 5 heteroatoms. The van der Waals surface area contributed by atoms with Crippen molar-refractivity contribution >= 4 is 16.6 Å². The van der Waals surface area contributed by atoms with Gasteiger partial charge in [0.2, 0.25) is 0 Å². The molecule has 2 aromatic carbocycles. The van der Waals surface area contributed by atoms with Gasteiger partial charge in [-0.25, -0.2) is 14.5 Å². The molecule has 28 heavy (non-hydrogen) atoms. The summed E-state index contributed by atoms with van der Waals surface area (Å²) in [5.41, 5.74) is 6.15. The molecule has 0 fully saturated rings. The van der Waals surface area contributed by atoms with Crippen molar-refractivity contribution in [3.05, 3.63) is 84.1 Å². The standard InChI is InChI=1S/C23H15N5/c1-15-5-9-17(10-6-15)21-20-19-4-2-3-13-28(19)27-23(20)26-22(25-21)18-11-7-16(14-24)8-12-18/h2-13H,1H3. The maximum Gasteiger partial charge on any atom is 0.186 e. The maximum absolute atomic E-state index is 9.04. The van der Waals surface area contributed by atoms with Crippen LogP contribution in [-0.2, 0) is 0 Å². The molecule has 0 aliphatic carbocycles. The summed E-state index contributed by atoms with van der Waals surface area (Å²) in [7, 11) is 0. The summed E-state index contributed by atoms with van der Waals surface area (Å²) in [6.45, 7) is 2.07. The van der Waals surface area contributed by atoms with Gasteiger partial charge in [-0.05, 0) is 43.3 Å². The molecular formula is C23H15N5. The molecule has 0 bridgehead atoms. The number of hydrogen-bond acceptors (Lipinski definition) is 4. The van der Waals surface area contributed by atoms with Crippen LogP contribution in [0.3, 0.4) is 0 Å². The molecule has 0 unspecified atom stereocenters. The van der Waals surface area contributed by atoms with Gasteiger partial charge in [0, 0.05) is 17.3 Å². The highest BCUT2D eigenvalue weighted by molar-refractivity contribution is 6.02. The molecular weight excluding hydrogens is 346 g/mol. The minimum absolute atomic E-state index is 0.593. The Balaban J connectivity index is 1.82. The van der Waals surface area contributed by atoms with E-state index in [4.69, 9.17) is 15.2 Å². The number of hydrogen-bond donors (Lipinski definition) is 0. The third-order valence-electron chi connectivity index (χ3n) is 4.79. The average molecular weight is 361 g/mol. The fraction of sp³-hybridized carbons (Fsp3) is 0.0435. The van der Waals surface area contributed by atoms with Crippen LogP contribution >= 0.6 is 0 Å². The molecule has 0 aliphatic rings. The zero-order chi connectivity index (χ0) is 19.1. The van der Waals surface area contributed by atoms with Gasteiger partial charge in [-0.1, -0.05) is 35.9 Å². The van der Waals surface area contributed by atoms with Crippen molar-refractivity contribution in [3.8, 4) is 28.7 Å². The Kier molecular flexibility index (Phi) is 3.63. The zero-order valence-corrected chi connectivity index (χ0v) is 15.2. The summed E-state index contributed by atoms with van der Waals surface area (Å²) < 4.78 is 1.83. The minimum atomic E-state index is 0.593. The zero-order valence-electron chi connectivity index (χ0n) is 15.2. The molecule has 5 nitrogen and oxygen atoms in total. The predicted molar refractivity (Wildman–Crippen MR) is 109 cm³/mol. The molecule has 3 aromatic heterocycles. The van der Waals surface area contributed by atoms with Gasteiger partial charge in [0.1, 0.15) is 0 Å². The first-order valence-electron chi connectivity index (χ1n) is 8.95. The van der Waals surface area contributed by atoms with E-state index in [2.05, 4.69) is 42.4 Å². The molecule has 5 aromatic rings. The molecule has 0 amide bonds. The van der Waals surface area contributed by atoms with Gasteiger partial charge in [-0.3, -0.25) is 0 Å². The van der Waals surface area contributed by atoms with Crippen molar-refractivity contribution in [1.82, 2.24) is 19.6 Å². The van der Waals surface area contributed by atoms with Crippen LogP contribution in [0.1, 0.15) is 11.1 Å². The van der Waals surface area contributed by atoms with Crippen LogP contribution < -0.4 is 0 Å². The number of nitriles is 1. The van der Waals surface area contributed by atoms with Gasteiger partial charge in [-0.15, -0.1) is 5.10 Å². The summed E-state index contributed by atoms with van der Waals surface area (Å²) >= 11 is 0. The molecule has 0 aliphatic heterocycles. The lowest BCUT2D eigenvalue weighted by molar-refractivity contribution is 0.969. The minimum Gasteiger partial charge on any atom is -0.238 e. The molecule has 3 heterocycles. The second-order valence-electron chi connectivity index (χ2n) is 6.68. The van der Waals surface area contributed by atoms with Crippen LogP contribution in [0.4, 0.5) is 0 Å². The Morgan fingerprint density at radius 2 is 1.61 bits per heavy atom. The average Bonchev–Trinajstić information content (AvgIpc) is 3.12. The lowest BCUT2D eigenvalue weighted by atomic mass is 10.1. The first-order chi connectivity index (χ1) is 13.7. The quantitative estimate of drug-likeness (QED) is 0.453. The van der Waals surface area contributed by atoms with E-state index in [0.717, 1.165) is 27.7 Å². The fourth-order valence-corrected chi connectivity index (χ4v) is 3.32. The van der Waals surface area contributed by atoms with Crippen LogP contribution in [-0.4, -0.2) is 19.6 Å². The van der Waals surface area contributed by atoms with Gasteiger partial charge in [0.25, 0.3) is 0 Å². The van der Waals surface area contributed by atoms with Crippen LogP contribution in [0.5, 0.6) is 0 Å². The number of aryl methyl sites for hydroxylation is 1. The molecule has 132 valence electrons. The summed E-state index contributed by atoms with van der Waals surface area (Å²) in [4.78, 5) is 9.62. The third-order valence-corrected chi connectivity index (χ3v) is 4.79. The number of pyridine rings is 1. The van der Waals surface area contributed by atoms with E-state index < -0.39 is 0 Å². The van der Waals surface area contributed by atoms with E-state index in [1.54, 1.807) is 12.1 Å². The molecule has 0 N–H and O–H groups in total. The summed E-state index contributed by atoms with van der Waals surface area (Å²) in [6, 6.07) is 23.7. The summed E-state index contributed by atoms with van der Waals surface area (Å²) in [6.07, 6.45) is 1.91. The van der Waals surface area contributed by atoms with Crippen molar-refractivity contribution in [2.75, 3.05) is 0 Å². The molecule has 5 rings (SSSR count). The lowest BCUT2D eigenvalue weighted by Gasteiger charge is -2.07. The normalized spacial score (nSPS) is 11.0. The largest absolute Gasteiger partial charge is 0.238 e. The first-order valence-corrected chi connectivity index (χ1v) is 8.95. The van der Waals surface area contributed by atoms with E-state index in [9.17, 15) is 0 Å². The van der Waals surface area contributed by atoms with Crippen molar-refractivity contribution in [2.45, 2.75) is 6.92 Å². The SMILES string of the molecule is Cc1ccc(-c2nc(-c3ccc(C#N)cc3)nc3nn4ccccc4c23)cc1. The number of fused-ring (bicyclic) bond motifs is 3. The second-order valence-corrected chi connectivity index (χ2v) is 6.68. The van der Waals surface area contributed by atoms with Crippen LogP contribution in [0.15, 0.2) is 72.9 Å². The van der Waals surface area contributed by atoms with E-state index >= 15 is 0 Å². The lowest BCUT2D eigenvalue weighted by Crippen LogP contribution is -1.94. The third kappa shape index (κ3) is 2.60. The van der Waals surface area contributed by atoms with E-state index in [1.165, 1.54) is 5.56 Å². The van der Waals surface area contributed by atoms with Gasteiger partial charge in [0.15, 0.2) is 11.5 Å². The van der Waals surface area contributed by atoms with E-state index in [1.807, 2.05) is 41.0 Å². The Morgan fingerprint density at radius 1 is 0.857 bits per heavy atom. The monoisotopic (exact) mass is 361 g/mol. The number of benzene rings is 2. The van der Waals surface area contributed by atoms with E-state index in [0.29, 0.717) is 17.0 Å². The maximum atomic E-state index is 9.04. The predicted octanol–water partition coefficient (Wildman–Crippen LogP) is 4.79. The Hall–Kier alpha value is -4.04. The number of rotatable bonds is 2. The molecule has 0 saturated carbocycles. The highest BCUT2D eigenvalue weighted by Gasteiger charge is 2.16. The Bertz CT molecular complexity index is 1360. The Labute approximate surface area is 161 Å². The number of aromatic nitrogens is 4. The summed E-state index contributed by atoms with van der Waals surface area (Å²) in [5, 5.41) is 14.6.